The smallest absolute Gasteiger partial charge is 0.418 e. The maximum absolute atomic E-state index is 12.1. The second-order valence-corrected chi connectivity index (χ2v) is 22.8. The van der Waals surface area contributed by atoms with Crippen LogP contribution in [0.3, 0.4) is 0 Å². The Kier molecular flexibility index (Phi) is 31.3. The monoisotopic (exact) mass is 1330 g/mol. The number of nitrogens with two attached hydrogens (primary N) is 18. The predicted molar refractivity (Wildman–Crippen MR) is 416 cm³/mol. The predicted octanol–water partition coefficient (Wildman–Crippen LogP) is 13.7. The van der Waals surface area contributed by atoms with Crippen molar-refractivity contribution in [2.75, 3.05) is 103 Å². The molecule has 98 heavy (non-hydrogen) atoms. The number of aromatic hydroxyl groups is 1. The van der Waals surface area contributed by atoms with Crippen molar-refractivity contribution in [1.82, 2.24) is 0 Å². The number of hydrogen-bond acceptors (Lipinski definition) is 19. The fourth-order valence-corrected chi connectivity index (χ4v) is 8.74. The van der Waals surface area contributed by atoms with E-state index in [-0.39, 0.29) is 17.1 Å². The number of aryl methyl sites for hydroxylation is 3. The first-order valence-electron chi connectivity index (χ1n) is 30.4. The summed E-state index contributed by atoms with van der Waals surface area (Å²) in [6.45, 7) is 13.9. The van der Waals surface area contributed by atoms with Crippen molar-refractivity contribution in [3.8, 4) is 5.75 Å². The summed E-state index contributed by atoms with van der Waals surface area (Å²) in [5, 5.41) is 8.83. The first-order chi connectivity index (χ1) is 45.9. The third-order valence-electron chi connectivity index (χ3n) is 14.6. The Balaban J connectivity index is 0.000000290. The zero-order valence-corrected chi connectivity index (χ0v) is 56.6. The number of anilines is 18. The summed E-state index contributed by atoms with van der Waals surface area (Å²) >= 11 is 0. The highest BCUT2D eigenvalue weighted by Gasteiger charge is 2.33. The summed E-state index contributed by atoms with van der Waals surface area (Å²) < 4.78 is 36.3. The van der Waals surface area contributed by atoms with Crippen LogP contribution >= 0.6 is 0 Å². The van der Waals surface area contributed by atoms with Gasteiger partial charge in [0.25, 0.3) is 0 Å². The van der Waals surface area contributed by atoms with Gasteiger partial charge in [-0.15, -0.1) is 0 Å². The minimum Gasteiger partial charge on any atom is -0.508 e. The second kappa shape index (κ2) is 38.6. The topological polar surface area (TPSA) is 489 Å². The molecule has 0 atom stereocenters. The molecule has 0 aliphatic heterocycles. The number of halogens is 3. The lowest BCUT2D eigenvalue weighted by atomic mass is 9.97. The van der Waals surface area contributed by atoms with Crippen LogP contribution in [0.5, 0.6) is 5.75 Å². The van der Waals surface area contributed by atoms with Crippen molar-refractivity contribution in [2.45, 2.75) is 67.5 Å². The Morgan fingerprint density at radius 3 is 0.949 bits per heavy atom. The number of benzene rings is 11. The fraction of sp³-hybridized carbons (Fsp3) is 0.132. The molecule has 19 nitrogen and oxygen atoms in total. The highest BCUT2D eigenvalue weighted by atomic mass is 19.4. The van der Waals surface area contributed by atoms with E-state index in [9.17, 15) is 13.2 Å². The molecule has 11 aromatic carbocycles. The Hall–Kier alpha value is -12.6. The van der Waals surface area contributed by atoms with Crippen LogP contribution in [-0.4, -0.2) is 5.11 Å². The van der Waals surface area contributed by atoms with E-state index in [4.69, 9.17) is 108 Å². The van der Waals surface area contributed by atoms with E-state index in [2.05, 4.69) is 24.3 Å². The van der Waals surface area contributed by atoms with Gasteiger partial charge in [0.05, 0.1) is 5.56 Å². The van der Waals surface area contributed by atoms with E-state index in [0.717, 1.165) is 143 Å². The molecule has 0 aromatic heterocycles. The molecule has 0 fully saturated rings. The third kappa shape index (κ3) is 28.7. The lowest BCUT2D eigenvalue weighted by Gasteiger charge is -2.14. The van der Waals surface area contributed by atoms with Gasteiger partial charge in [-0.05, 0) is 256 Å². The quantitative estimate of drug-likeness (QED) is 0.0728. The molecule has 518 valence electrons. The van der Waals surface area contributed by atoms with Crippen LogP contribution in [0.2, 0.25) is 0 Å². The third-order valence-corrected chi connectivity index (χ3v) is 14.6. The van der Waals surface area contributed by atoms with Crippen LogP contribution in [-0.2, 0) is 19.0 Å². The molecular weight excluding hydrogens is 1240 g/mol. The first kappa shape index (κ1) is 79.6. The van der Waals surface area contributed by atoms with Crippen LogP contribution in [0.15, 0.2) is 212 Å². The molecule has 0 bridgehead atoms. The fourth-order valence-electron chi connectivity index (χ4n) is 8.74. The summed E-state index contributed by atoms with van der Waals surface area (Å²) in [6.07, 6.45) is -2.73. The van der Waals surface area contributed by atoms with Crippen molar-refractivity contribution >= 4 is 102 Å². The lowest BCUT2D eigenvalue weighted by Crippen LogP contribution is -2.09. The van der Waals surface area contributed by atoms with E-state index in [1.807, 2.05) is 146 Å². The molecule has 0 spiro atoms. The molecule has 11 aromatic rings. The molecule has 0 amide bonds. The van der Waals surface area contributed by atoms with Crippen LogP contribution in [0.25, 0.3) is 0 Å². The maximum atomic E-state index is 12.1. The Labute approximate surface area is 573 Å². The molecular formula is C76H97F3N18O. The summed E-state index contributed by atoms with van der Waals surface area (Å²) in [5.74, 6) is 0.104. The van der Waals surface area contributed by atoms with Gasteiger partial charge in [-0.2, -0.15) is 13.2 Å². The Morgan fingerprint density at radius 2 is 0.592 bits per heavy atom. The standard InChI is InChI=1S/2C13H14N2.C10H16N2.C8H12N2.C7H7F3N2.C7H10N2.C6H8N2O.2C6H8N2/c14-12-7-11(8-13(15)9-12)6-10-4-2-1-3-5-10;14-12-6-7-13(15)11(9-12)8-10-4-2-1-3-5-10;1-5-6(2)10(12)8(4)7(3)9(5)11;1-5-3-8(10)6(2)4-7(5)9;8-7(9,10)5-3-4(11)1-2-6(5)12;1-5-4-6(8)2-3-7(5)9;7-4-1-5(8)3-6(9)2-4;7-5-1-2-6(8)4-3-5;7-5-2-1-3-6(8)4-5/h1-5,7-9H,6,14-15H2;1-7,9H,8,14-15H2;11-12H2,1-4H3;3-4H,9-10H2,1-2H3;1-3H,11-12H2;2-4H,8-9H2,1H3;1-3,9H,7-8H2;2*1-4H,7-8H2. The van der Waals surface area contributed by atoms with Gasteiger partial charge in [-0.3, -0.25) is 0 Å². The highest BCUT2D eigenvalue weighted by molar-refractivity contribution is 5.70. The normalized spacial score (nSPS) is 9.98. The van der Waals surface area contributed by atoms with E-state index in [1.54, 1.807) is 60.7 Å². The number of phenols is 1. The van der Waals surface area contributed by atoms with Crippen LogP contribution in [0, 0.1) is 48.5 Å². The van der Waals surface area contributed by atoms with Crippen LogP contribution in [0.1, 0.15) is 66.8 Å². The van der Waals surface area contributed by atoms with E-state index in [0.29, 0.717) is 22.7 Å². The second-order valence-electron chi connectivity index (χ2n) is 22.8. The average Bonchev–Trinajstić information content (AvgIpc) is 0.812. The molecule has 11 rings (SSSR count). The van der Waals surface area contributed by atoms with Gasteiger partial charge in [-0.1, -0.05) is 66.7 Å². The molecule has 37 N–H and O–H groups in total. The van der Waals surface area contributed by atoms with Crippen molar-refractivity contribution in [2.24, 2.45) is 0 Å². The zero-order valence-electron chi connectivity index (χ0n) is 56.6. The zero-order chi connectivity index (χ0) is 73.6. The molecule has 0 saturated carbocycles. The van der Waals surface area contributed by atoms with Crippen molar-refractivity contribution in [3.63, 3.8) is 0 Å². The average molecular weight is 1340 g/mol. The molecule has 0 radical (unpaired) electrons. The van der Waals surface area contributed by atoms with Crippen molar-refractivity contribution < 1.29 is 18.3 Å². The maximum Gasteiger partial charge on any atom is 0.418 e. The van der Waals surface area contributed by atoms with Crippen molar-refractivity contribution in [1.29, 1.82) is 0 Å². The summed E-state index contributed by atoms with van der Waals surface area (Å²) in [7, 11) is 0. The summed E-state index contributed by atoms with van der Waals surface area (Å²) in [4.78, 5) is 0. The van der Waals surface area contributed by atoms with Crippen molar-refractivity contribution in [3.05, 3.63) is 279 Å². The van der Waals surface area contributed by atoms with Crippen LogP contribution in [0.4, 0.5) is 116 Å². The number of hydrogen-bond donors (Lipinski definition) is 19. The van der Waals surface area contributed by atoms with Gasteiger partial charge in [0.2, 0.25) is 0 Å². The van der Waals surface area contributed by atoms with E-state index < -0.39 is 11.7 Å². The van der Waals surface area contributed by atoms with E-state index >= 15 is 0 Å². The molecule has 0 aliphatic carbocycles. The lowest BCUT2D eigenvalue weighted by molar-refractivity contribution is -0.136. The van der Waals surface area contributed by atoms with Crippen LogP contribution < -0.4 is 103 Å². The Morgan fingerprint density at radius 1 is 0.265 bits per heavy atom. The van der Waals surface area contributed by atoms with Gasteiger partial charge in [0.1, 0.15) is 5.75 Å². The highest BCUT2D eigenvalue weighted by Crippen LogP contribution is 2.35. The number of nitrogen functional groups attached to an aromatic ring is 18. The van der Waals surface area contributed by atoms with Gasteiger partial charge < -0.3 is 108 Å². The Bertz CT molecular complexity index is 4020. The number of phenolic OH excluding ortho intramolecular Hbond substituents is 1. The van der Waals surface area contributed by atoms with Gasteiger partial charge >= 0.3 is 6.18 Å². The number of rotatable bonds is 4. The van der Waals surface area contributed by atoms with Gasteiger partial charge in [0.15, 0.2) is 0 Å². The summed E-state index contributed by atoms with van der Waals surface area (Å²) in [6, 6.07) is 63.0. The van der Waals surface area contributed by atoms with E-state index in [1.165, 1.54) is 29.3 Å². The SMILES string of the molecule is Cc1c(C)c(N)c(C)c(C)c1N.Cc1cc(N)c(C)cc1N.Cc1cc(N)ccc1N.Nc1cc(N)cc(Cc2ccccc2)c1.Nc1cc(N)cc(O)c1.Nc1ccc(N)c(C(F)(F)F)c1.Nc1ccc(N)c(Cc2ccccc2)c1.Nc1ccc(N)cc1.Nc1cccc(N)c1. The molecule has 0 saturated heterocycles. The molecule has 0 aliphatic rings. The largest absolute Gasteiger partial charge is 0.508 e. The van der Waals surface area contributed by atoms with Gasteiger partial charge in [0, 0.05) is 115 Å². The minimum absolute atomic E-state index is 0.0523. The minimum atomic E-state index is -4.43. The van der Waals surface area contributed by atoms with Gasteiger partial charge in [-0.25, -0.2) is 0 Å². The number of alkyl halides is 3. The first-order valence-corrected chi connectivity index (χ1v) is 30.4. The molecule has 0 unspecified atom stereocenters. The molecule has 0 heterocycles. The summed E-state index contributed by atoms with van der Waals surface area (Å²) in [5.41, 5.74) is 123. The molecule has 22 heteroatoms.